The normalized spacial score (nSPS) is 12.8. The fourth-order valence-corrected chi connectivity index (χ4v) is 2.01. The number of rotatable bonds is 3. The van der Waals surface area contributed by atoms with Crippen LogP contribution in [0.1, 0.15) is 25.0 Å². The number of benzene rings is 2. The number of allylic oxidation sites excluding steroid dienone is 1. The molecule has 20 heavy (non-hydrogen) atoms. The summed E-state index contributed by atoms with van der Waals surface area (Å²) in [4.78, 5) is 4.73. The topological polar surface area (TPSA) is 24.4 Å². The van der Waals surface area contributed by atoms with Crippen molar-refractivity contribution in [3.05, 3.63) is 71.8 Å². The molecule has 0 saturated carbocycles. The van der Waals surface area contributed by atoms with Crippen molar-refractivity contribution in [1.29, 1.82) is 0 Å². The lowest BCUT2D eigenvalue weighted by molar-refractivity contribution is 1.15. The van der Waals surface area contributed by atoms with Crippen molar-refractivity contribution in [2.45, 2.75) is 13.8 Å². The van der Waals surface area contributed by atoms with Crippen molar-refractivity contribution < 1.29 is 0 Å². The second-order valence-electron chi connectivity index (χ2n) is 4.65. The summed E-state index contributed by atoms with van der Waals surface area (Å²) >= 11 is 0. The van der Waals surface area contributed by atoms with E-state index < -0.39 is 0 Å². The number of amidine groups is 1. The van der Waals surface area contributed by atoms with Gasteiger partial charge in [-0.2, -0.15) is 0 Å². The van der Waals surface area contributed by atoms with Crippen LogP contribution in [0, 0.1) is 0 Å². The first-order valence-electron chi connectivity index (χ1n) is 6.77. The van der Waals surface area contributed by atoms with Crippen LogP contribution < -0.4 is 5.32 Å². The van der Waals surface area contributed by atoms with E-state index in [-0.39, 0.29) is 0 Å². The number of nitrogens with zero attached hydrogens (tertiary/aromatic N) is 1. The van der Waals surface area contributed by atoms with Crippen LogP contribution in [0.25, 0.3) is 11.3 Å². The van der Waals surface area contributed by atoms with Gasteiger partial charge < -0.3 is 5.32 Å². The average molecular weight is 264 g/mol. The molecule has 0 spiro atoms. The molecule has 0 saturated heterocycles. The van der Waals surface area contributed by atoms with Crippen LogP contribution in [0.3, 0.4) is 0 Å². The molecule has 2 aromatic carbocycles. The van der Waals surface area contributed by atoms with E-state index >= 15 is 0 Å². The molecule has 2 aromatic rings. The summed E-state index contributed by atoms with van der Waals surface area (Å²) in [5.74, 6) is 0.902. The Morgan fingerprint density at radius 3 is 1.80 bits per heavy atom. The zero-order valence-corrected chi connectivity index (χ0v) is 12.2. The van der Waals surface area contributed by atoms with Gasteiger partial charge in [0.25, 0.3) is 0 Å². The Bertz CT molecular complexity index is 610. The molecule has 0 heterocycles. The standard InChI is InChI=1S/C18H20N2/c1-14(16-10-6-4-7-11-16)18(20-15(2)19-3)17-12-8-5-9-13-17/h4-13H,1-3H3,(H,19,20)/b18-14+. The third-order valence-electron chi connectivity index (χ3n) is 3.25. The molecular formula is C18H20N2. The maximum atomic E-state index is 4.73. The van der Waals surface area contributed by atoms with Crippen LogP contribution in [-0.4, -0.2) is 12.9 Å². The van der Waals surface area contributed by atoms with Gasteiger partial charge in [-0.1, -0.05) is 60.7 Å². The van der Waals surface area contributed by atoms with Gasteiger partial charge in [-0.05, 0) is 25.0 Å². The molecule has 0 aliphatic carbocycles. The van der Waals surface area contributed by atoms with E-state index in [2.05, 4.69) is 48.6 Å². The Morgan fingerprint density at radius 2 is 1.30 bits per heavy atom. The minimum atomic E-state index is 0.902. The lowest BCUT2D eigenvalue weighted by Gasteiger charge is -2.10. The molecule has 0 radical (unpaired) electrons. The first kappa shape index (κ1) is 14.1. The molecule has 0 aliphatic heterocycles. The molecule has 0 atom stereocenters. The zero-order chi connectivity index (χ0) is 14.4. The van der Waals surface area contributed by atoms with Crippen LogP contribution in [-0.2, 0) is 0 Å². The highest BCUT2D eigenvalue weighted by molar-refractivity contribution is 5.95. The lowest BCUT2D eigenvalue weighted by Crippen LogP contribution is -2.13. The van der Waals surface area contributed by atoms with E-state index in [0.717, 1.165) is 17.1 Å². The van der Waals surface area contributed by atoms with Gasteiger partial charge in [-0.15, -0.1) is 0 Å². The molecule has 2 rings (SSSR count). The maximum absolute atomic E-state index is 4.73. The van der Waals surface area contributed by atoms with Crippen LogP contribution in [0.2, 0.25) is 0 Å². The summed E-state index contributed by atoms with van der Waals surface area (Å²) in [6, 6.07) is 20.6. The fraction of sp³-hybridized carbons (Fsp3) is 0.167. The molecule has 1 N–H and O–H groups in total. The molecule has 0 unspecified atom stereocenters. The van der Waals surface area contributed by atoms with Gasteiger partial charge in [-0.25, -0.2) is 4.99 Å². The van der Waals surface area contributed by atoms with Gasteiger partial charge >= 0.3 is 0 Å². The molecule has 0 bridgehead atoms. The minimum Gasteiger partial charge on any atom is -0.377 e. The summed E-state index contributed by atoms with van der Waals surface area (Å²) in [5.41, 5.74) is 4.50. The second kappa shape index (κ2) is 6.71. The highest BCUT2D eigenvalue weighted by atomic mass is 15.0. The Morgan fingerprint density at radius 1 is 0.800 bits per heavy atom. The Balaban J connectivity index is 2.58. The van der Waals surface area contributed by atoms with Crippen LogP contribution in [0.5, 0.6) is 0 Å². The summed E-state index contributed by atoms with van der Waals surface area (Å²) in [5, 5.41) is 3.09. The molecule has 0 aliphatic rings. The van der Waals surface area contributed by atoms with Gasteiger partial charge in [0, 0.05) is 12.6 Å². The molecule has 102 valence electrons. The molecule has 2 heteroatoms. The predicted octanol–water partition coefficient (Wildman–Crippen LogP) is 4.21. The molecular weight excluding hydrogens is 244 g/mol. The van der Waals surface area contributed by atoms with Gasteiger partial charge in [0.1, 0.15) is 0 Å². The SMILES string of the molecule is CN/C(C)=N\C(=C(/C)c1ccccc1)c1ccccc1. The number of hydrogen-bond acceptors (Lipinski definition) is 1. The van der Waals surface area contributed by atoms with E-state index in [1.807, 2.05) is 38.2 Å². The quantitative estimate of drug-likeness (QED) is 0.501. The van der Waals surface area contributed by atoms with Crippen molar-refractivity contribution in [3.8, 4) is 0 Å². The minimum absolute atomic E-state index is 0.902. The zero-order valence-electron chi connectivity index (χ0n) is 12.2. The van der Waals surface area contributed by atoms with E-state index in [1.54, 1.807) is 0 Å². The summed E-state index contributed by atoms with van der Waals surface area (Å²) in [6.07, 6.45) is 0. The monoisotopic (exact) mass is 264 g/mol. The van der Waals surface area contributed by atoms with Gasteiger partial charge in [-0.3, -0.25) is 0 Å². The summed E-state index contributed by atoms with van der Waals surface area (Å²) in [6.45, 7) is 4.09. The molecule has 0 aromatic heterocycles. The van der Waals surface area contributed by atoms with E-state index in [0.29, 0.717) is 0 Å². The van der Waals surface area contributed by atoms with Crippen molar-refractivity contribution >= 4 is 17.1 Å². The summed E-state index contributed by atoms with van der Waals surface area (Å²) < 4.78 is 0. The lowest BCUT2D eigenvalue weighted by atomic mass is 10.0. The molecule has 0 fully saturated rings. The van der Waals surface area contributed by atoms with Gasteiger partial charge in [0.15, 0.2) is 0 Å². The first-order valence-corrected chi connectivity index (χ1v) is 6.77. The Hall–Kier alpha value is -2.35. The van der Waals surface area contributed by atoms with Crippen LogP contribution in [0.4, 0.5) is 0 Å². The van der Waals surface area contributed by atoms with Gasteiger partial charge in [0.2, 0.25) is 0 Å². The molecule has 0 amide bonds. The van der Waals surface area contributed by atoms with Gasteiger partial charge in [0.05, 0.1) is 11.5 Å². The number of nitrogens with one attached hydrogen (secondary N) is 1. The predicted molar refractivity (Wildman–Crippen MR) is 87.5 cm³/mol. The van der Waals surface area contributed by atoms with Crippen molar-refractivity contribution in [3.63, 3.8) is 0 Å². The Labute approximate surface area is 120 Å². The van der Waals surface area contributed by atoms with E-state index in [9.17, 15) is 0 Å². The number of aliphatic imine (C=N–C) groups is 1. The third kappa shape index (κ3) is 3.35. The van der Waals surface area contributed by atoms with Crippen LogP contribution >= 0.6 is 0 Å². The van der Waals surface area contributed by atoms with Crippen molar-refractivity contribution in [1.82, 2.24) is 5.32 Å². The van der Waals surface area contributed by atoms with Crippen molar-refractivity contribution in [2.75, 3.05) is 7.05 Å². The fourth-order valence-electron chi connectivity index (χ4n) is 2.01. The number of hydrogen-bond donors (Lipinski definition) is 1. The molecule has 2 nitrogen and oxygen atoms in total. The maximum Gasteiger partial charge on any atom is 0.0988 e. The summed E-state index contributed by atoms with van der Waals surface area (Å²) in [7, 11) is 1.89. The van der Waals surface area contributed by atoms with Crippen molar-refractivity contribution in [2.24, 2.45) is 4.99 Å². The average Bonchev–Trinajstić information content (AvgIpc) is 2.53. The highest BCUT2D eigenvalue weighted by Crippen LogP contribution is 2.27. The highest BCUT2D eigenvalue weighted by Gasteiger charge is 2.07. The second-order valence-corrected chi connectivity index (χ2v) is 4.65. The van der Waals surface area contributed by atoms with E-state index in [1.165, 1.54) is 11.1 Å². The third-order valence-corrected chi connectivity index (χ3v) is 3.25. The largest absolute Gasteiger partial charge is 0.377 e. The van der Waals surface area contributed by atoms with Crippen LogP contribution in [0.15, 0.2) is 65.7 Å². The first-order chi connectivity index (χ1) is 9.72. The smallest absolute Gasteiger partial charge is 0.0988 e. The van der Waals surface area contributed by atoms with E-state index in [4.69, 9.17) is 4.99 Å². The Kier molecular flexibility index (Phi) is 4.72.